The molecule has 130 valence electrons. The van der Waals surface area contributed by atoms with Gasteiger partial charge in [-0.25, -0.2) is 8.42 Å². The molecule has 1 N–H and O–H groups in total. The highest BCUT2D eigenvalue weighted by atomic mass is 32.2. The number of sulfonamides is 1. The van der Waals surface area contributed by atoms with E-state index >= 15 is 0 Å². The van der Waals surface area contributed by atoms with Gasteiger partial charge in [0.15, 0.2) is 0 Å². The molecule has 1 aromatic carbocycles. The number of nitrogens with one attached hydrogen (secondary N) is 1. The van der Waals surface area contributed by atoms with Crippen molar-refractivity contribution in [1.82, 2.24) is 9.62 Å². The predicted octanol–water partition coefficient (Wildman–Crippen LogP) is 2.32. The van der Waals surface area contributed by atoms with Crippen LogP contribution in [-0.4, -0.2) is 46.0 Å². The molecule has 0 atom stereocenters. The fraction of sp³-hybridized carbons (Fsp3) is 0.647. The van der Waals surface area contributed by atoms with Crippen LogP contribution in [0.5, 0.6) is 5.75 Å². The Kier molecular flexibility index (Phi) is 6.06. The molecule has 23 heavy (non-hydrogen) atoms. The minimum atomic E-state index is -3.43. The average molecular weight is 340 g/mol. The maximum Gasteiger partial charge on any atom is 0.243 e. The Hall–Kier alpha value is -1.11. The van der Waals surface area contributed by atoms with Crippen LogP contribution in [0.2, 0.25) is 0 Å². The second-order valence-electron chi connectivity index (χ2n) is 6.24. The van der Waals surface area contributed by atoms with E-state index < -0.39 is 10.0 Å². The quantitative estimate of drug-likeness (QED) is 0.863. The Morgan fingerprint density at radius 3 is 2.43 bits per heavy atom. The van der Waals surface area contributed by atoms with E-state index in [1.807, 2.05) is 13.8 Å². The molecule has 1 aliphatic rings. The van der Waals surface area contributed by atoms with E-state index in [0.29, 0.717) is 23.9 Å². The van der Waals surface area contributed by atoms with Gasteiger partial charge in [0.2, 0.25) is 10.0 Å². The van der Waals surface area contributed by atoms with E-state index in [1.165, 1.54) is 0 Å². The van der Waals surface area contributed by atoms with E-state index in [0.717, 1.165) is 42.8 Å². The van der Waals surface area contributed by atoms with Gasteiger partial charge in [-0.2, -0.15) is 4.31 Å². The molecule has 0 saturated carbocycles. The first-order valence-corrected chi connectivity index (χ1v) is 9.70. The number of hydrogen-bond acceptors (Lipinski definition) is 4. The molecule has 0 aliphatic carbocycles. The Morgan fingerprint density at radius 2 is 1.87 bits per heavy atom. The van der Waals surface area contributed by atoms with E-state index in [2.05, 4.69) is 12.2 Å². The van der Waals surface area contributed by atoms with Crippen molar-refractivity contribution in [1.29, 1.82) is 0 Å². The van der Waals surface area contributed by atoms with Crippen molar-refractivity contribution in [3.05, 3.63) is 23.3 Å². The predicted molar refractivity (Wildman–Crippen MR) is 92.5 cm³/mol. The minimum Gasteiger partial charge on any atom is -0.496 e. The maximum atomic E-state index is 13.0. The molecule has 1 saturated heterocycles. The van der Waals surface area contributed by atoms with Crippen LogP contribution in [0.4, 0.5) is 0 Å². The zero-order chi connectivity index (χ0) is 17.0. The first kappa shape index (κ1) is 18.2. The minimum absolute atomic E-state index is 0.404. The first-order valence-electron chi connectivity index (χ1n) is 8.26. The van der Waals surface area contributed by atoms with Gasteiger partial charge >= 0.3 is 0 Å². The van der Waals surface area contributed by atoms with E-state index in [1.54, 1.807) is 23.5 Å². The molecular weight excluding hydrogens is 312 g/mol. The summed E-state index contributed by atoms with van der Waals surface area (Å²) in [6, 6.07) is 3.54. The Labute approximate surface area is 140 Å². The highest BCUT2D eigenvalue weighted by Gasteiger charge is 2.30. The smallest absolute Gasteiger partial charge is 0.243 e. The van der Waals surface area contributed by atoms with E-state index in [-0.39, 0.29) is 0 Å². The standard InChI is InChI=1S/C17H28N2O3S/c1-5-18-12-15-6-8-19(9-7-15)23(20,21)17-11-13(2)16(22-4)10-14(17)3/h10-11,15,18H,5-9,12H2,1-4H3. The van der Waals surface area contributed by atoms with Crippen LogP contribution in [0, 0.1) is 19.8 Å². The second-order valence-corrected chi connectivity index (χ2v) is 8.15. The van der Waals surface area contributed by atoms with Crippen molar-refractivity contribution in [3.8, 4) is 5.75 Å². The summed E-state index contributed by atoms with van der Waals surface area (Å²) in [6.45, 7) is 8.93. The molecule has 0 aromatic heterocycles. The molecule has 1 heterocycles. The summed E-state index contributed by atoms with van der Waals surface area (Å²) in [6.07, 6.45) is 1.83. The molecular formula is C17H28N2O3S. The summed E-state index contributed by atoms with van der Waals surface area (Å²) in [7, 11) is -1.82. The van der Waals surface area contributed by atoms with Gasteiger partial charge in [0, 0.05) is 13.1 Å². The number of aryl methyl sites for hydroxylation is 2. The molecule has 0 unspecified atom stereocenters. The van der Waals surface area contributed by atoms with E-state index in [9.17, 15) is 8.42 Å². The lowest BCUT2D eigenvalue weighted by Gasteiger charge is -2.31. The fourth-order valence-electron chi connectivity index (χ4n) is 3.10. The van der Waals surface area contributed by atoms with Crippen molar-refractivity contribution < 1.29 is 13.2 Å². The number of nitrogens with zero attached hydrogens (tertiary/aromatic N) is 1. The number of rotatable bonds is 6. The molecule has 1 aromatic rings. The van der Waals surface area contributed by atoms with E-state index in [4.69, 9.17) is 4.74 Å². The van der Waals surface area contributed by atoms with Gasteiger partial charge in [-0.05, 0) is 69.0 Å². The number of methoxy groups -OCH3 is 1. The number of ether oxygens (including phenoxy) is 1. The maximum absolute atomic E-state index is 13.0. The normalized spacial score (nSPS) is 17.4. The molecule has 0 spiro atoms. The highest BCUT2D eigenvalue weighted by Crippen LogP contribution is 2.29. The molecule has 2 rings (SSSR count). The van der Waals surface area contributed by atoms with Crippen LogP contribution in [0.1, 0.15) is 30.9 Å². The molecule has 1 fully saturated rings. The van der Waals surface area contributed by atoms with Gasteiger partial charge in [-0.1, -0.05) is 6.92 Å². The summed E-state index contributed by atoms with van der Waals surface area (Å²) in [5.74, 6) is 1.30. The SMILES string of the molecule is CCNCC1CCN(S(=O)(=O)c2cc(C)c(OC)cc2C)CC1. The highest BCUT2D eigenvalue weighted by molar-refractivity contribution is 7.89. The molecule has 0 radical (unpaired) electrons. The fourth-order valence-corrected chi connectivity index (χ4v) is 4.86. The zero-order valence-electron chi connectivity index (χ0n) is 14.6. The van der Waals surface area contributed by atoms with Gasteiger partial charge in [0.05, 0.1) is 12.0 Å². The van der Waals surface area contributed by atoms with Crippen LogP contribution < -0.4 is 10.1 Å². The molecule has 6 heteroatoms. The topological polar surface area (TPSA) is 58.6 Å². The molecule has 1 aliphatic heterocycles. The van der Waals surface area contributed by atoms with Crippen LogP contribution in [0.25, 0.3) is 0 Å². The van der Waals surface area contributed by atoms with Crippen LogP contribution in [0.15, 0.2) is 17.0 Å². The van der Waals surface area contributed by atoms with Crippen LogP contribution in [-0.2, 0) is 10.0 Å². The van der Waals surface area contributed by atoms with Crippen molar-refractivity contribution in [2.45, 2.75) is 38.5 Å². The average Bonchev–Trinajstić information content (AvgIpc) is 2.54. The zero-order valence-corrected chi connectivity index (χ0v) is 15.4. The lowest BCUT2D eigenvalue weighted by Crippen LogP contribution is -2.40. The second kappa shape index (κ2) is 7.64. The van der Waals surface area contributed by atoms with Crippen molar-refractivity contribution >= 4 is 10.0 Å². The molecule has 0 amide bonds. The summed E-state index contributed by atoms with van der Waals surface area (Å²) in [4.78, 5) is 0.404. The Balaban J connectivity index is 2.15. The summed E-state index contributed by atoms with van der Waals surface area (Å²) in [5, 5.41) is 3.35. The molecule has 5 nitrogen and oxygen atoms in total. The first-order chi connectivity index (χ1) is 10.9. The number of hydrogen-bond donors (Lipinski definition) is 1. The number of benzene rings is 1. The van der Waals surface area contributed by atoms with Crippen LogP contribution in [0.3, 0.4) is 0 Å². The van der Waals surface area contributed by atoms with Gasteiger partial charge in [-0.3, -0.25) is 0 Å². The van der Waals surface area contributed by atoms with Gasteiger partial charge < -0.3 is 10.1 Å². The summed E-state index contributed by atoms with van der Waals surface area (Å²) in [5.41, 5.74) is 1.58. The third kappa shape index (κ3) is 4.05. The third-order valence-electron chi connectivity index (χ3n) is 4.57. The van der Waals surface area contributed by atoms with Crippen LogP contribution >= 0.6 is 0 Å². The number of piperidine rings is 1. The summed E-state index contributed by atoms with van der Waals surface area (Å²) < 4.78 is 32.8. The molecule has 0 bridgehead atoms. The summed E-state index contributed by atoms with van der Waals surface area (Å²) >= 11 is 0. The lowest BCUT2D eigenvalue weighted by molar-refractivity contribution is 0.268. The Bertz CT molecular complexity index is 635. The van der Waals surface area contributed by atoms with Gasteiger partial charge in [-0.15, -0.1) is 0 Å². The Morgan fingerprint density at radius 1 is 1.22 bits per heavy atom. The lowest BCUT2D eigenvalue weighted by atomic mass is 9.98. The van der Waals surface area contributed by atoms with Crippen molar-refractivity contribution in [2.75, 3.05) is 33.3 Å². The van der Waals surface area contributed by atoms with Gasteiger partial charge in [0.1, 0.15) is 5.75 Å². The van der Waals surface area contributed by atoms with Crippen molar-refractivity contribution in [2.24, 2.45) is 5.92 Å². The van der Waals surface area contributed by atoms with Gasteiger partial charge in [0.25, 0.3) is 0 Å². The van der Waals surface area contributed by atoms with Crippen molar-refractivity contribution in [3.63, 3.8) is 0 Å². The third-order valence-corrected chi connectivity index (χ3v) is 6.61. The monoisotopic (exact) mass is 340 g/mol. The largest absolute Gasteiger partial charge is 0.496 e.